The summed E-state index contributed by atoms with van der Waals surface area (Å²) in [6.07, 6.45) is 9.55. The van der Waals surface area contributed by atoms with E-state index in [1.807, 2.05) is 20.8 Å². The number of nitrogens with zero attached hydrogens (tertiary/aromatic N) is 2. The SMILES string of the molecule is [2H]C(=O)OCc1ccc(NC(=O)[C@H](CCCNC(N)=O)NC(=O)[C@@H](NC(=O)CCCCCN2C(=O)CC(SC)C2=O)C(C)C)cc1.[2H]CC(=O)[C@H](CCCNC(N)=O)NC(=O)[C@@H](NC(=O)CCCCCN1C(=O)CC(SC)C1=O)C(C)C.[2H]CC(=O)[C@H](CCCNC(N)=O)NC(=O)[C@@H](NCCC)C(C)C. The van der Waals surface area contributed by atoms with Crippen molar-refractivity contribution in [3.8, 4) is 0 Å². The molecule has 1 aromatic carbocycles. The number of carbonyl (C=O) groups is 16. The number of imide groups is 2. The number of Topliss-reactive ketones (excluding diaryl/α,β-unsaturated/α-hetero) is 2. The molecular weight excluding hydrogens is 1360 g/mol. The lowest BCUT2D eigenvalue weighted by atomic mass is 10.0. The number of benzene rings is 1. The lowest BCUT2D eigenvalue weighted by Crippen LogP contribution is -2.54. The summed E-state index contributed by atoms with van der Waals surface area (Å²) >= 11 is 2.74. The third kappa shape index (κ3) is 37.0. The molecule has 574 valence electrons. The average Bonchev–Trinajstić information content (AvgIpc) is 1.26. The van der Waals surface area contributed by atoms with Crippen LogP contribution in [0.3, 0.4) is 0 Å². The van der Waals surface area contributed by atoms with Crippen molar-refractivity contribution in [1.29, 1.82) is 0 Å². The maximum atomic E-state index is 13.3. The van der Waals surface area contributed by atoms with Gasteiger partial charge >= 0.3 is 18.1 Å². The van der Waals surface area contributed by atoms with Gasteiger partial charge in [-0.3, -0.25) is 72.1 Å². The molecule has 2 fully saturated rings. The number of likely N-dealkylation sites (tertiary alicyclic amines) is 2. The third-order valence-electron chi connectivity index (χ3n) is 16.1. The van der Waals surface area contributed by atoms with Crippen molar-refractivity contribution in [2.24, 2.45) is 35.0 Å². The molecule has 2 aliphatic heterocycles. The van der Waals surface area contributed by atoms with Crippen LogP contribution in [0.1, 0.15) is 181 Å². The van der Waals surface area contributed by atoms with Crippen molar-refractivity contribution in [3.05, 3.63) is 29.8 Å². The average molecular weight is 1480 g/mol. The minimum absolute atomic E-state index is 0.0878. The summed E-state index contributed by atoms with van der Waals surface area (Å²) in [5.74, 6) is -4.37. The first kappa shape index (κ1) is 86.0. The topological polar surface area (TPSA) is 487 Å². The molecule has 2 heterocycles. The maximum absolute atomic E-state index is 13.3. The monoisotopic (exact) mass is 1480 g/mol. The second-order valence-corrected chi connectivity index (χ2v) is 27.6. The number of nitrogens with one attached hydrogen (secondary N) is 10. The van der Waals surface area contributed by atoms with E-state index in [1.165, 1.54) is 33.3 Å². The zero-order chi connectivity index (χ0) is 79.3. The molecule has 2 aliphatic rings. The molecule has 32 nitrogen and oxygen atoms in total. The van der Waals surface area contributed by atoms with Gasteiger partial charge in [0.15, 0.2) is 12.9 Å². The molecule has 2 unspecified atom stereocenters. The summed E-state index contributed by atoms with van der Waals surface area (Å²) in [6, 6.07) is -0.415. The van der Waals surface area contributed by atoms with Gasteiger partial charge in [0.1, 0.15) is 24.7 Å². The highest BCUT2D eigenvalue weighted by Gasteiger charge is 2.39. The number of primary amides is 3. The summed E-state index contributed by atoms with van der Waals surface area (Å²) in [5.41, 5.74) is 16.1. The standard InChI is InChI=1S/C30H44N6O8S.C23H39N5O6S.C15H30N4O3/c1-19(2)26(35-24(38)9-5-4-6-15-36-25(39)16-23(45-3)29(36)42)28(41)34-22(8-7-14-32-30(31)43)27(40)33-21-12-10-20(11-13-21)17-44-18-37;1-14(2)20(21(32)26-16(15(3)29)9-8-11-25-23(24)34)27-18(30)10-6-5-7-12-28-19(31)13-17(35-4)22(28)33;1-5-8-17-13(10(2)3)14(21)19-12(11(4)20)7-6-9-18-15(16)22/h10-13,18-19,22-23,26H,4-9,14-17H2,1-3H3,(H,33,40)(H,34,41)(H,35,38)(H3,31,32,43);14,16-17,20H,5-13H2,1-4H3,(H,26,32)(H,27,30)(H3,24,25,34);10,12-13,17H,5-9H2,1-4H3,(H,19,21)(H3,16,18,22)/t22-,23?,26-;16-,17?,20-;12-,13-/m000/s1/i18D;3D;4D. The molecule has 34 heteroatoms. The molecule has 2 saturated heterocycles. The van der Waals surface area contributed by atoms with Crippen molar-refractivity contribution < 1.29 is 85.6 Å². The molecule has 0 radical (unpaired) electrons. The number of ether oxygens (including phenoxy) is 1. The summed E-state index contributed by atoms with van der Waals surface area (Å²) in [4.78, 5) is 195. The predicted molar refractivity (Wildman–Crippen MR) is 388 cm³/mol. The minimum atomic E-state index is -1.16. The van der Waals surface area contributed by atoms with Crippen molar-refractivity contribution in [3.63, 3.8) is 0 Å². The molecular formula is C68H113N15O17S2. The molecule has 16 amide bonds. The fraction of sp³-hybridized carbons (Fsp3) is 0.676. The highest BCUT2D eigenvalue weighted by molar-refractivity contribution is 8.00. The van der Waals surface area contributed by atoms with Crippen LogP contribution in [0.15, 0.2) is 24.3 Å². The van der Waals surface area contributed by atoms with Crippen LogP contribution < -0.4 is 70.4 Å². The first-order valence-electron chi connectivity index (χ1n) is 36.3. The van der Waals surface area contributed by atoms with Crippen LogP contribution in [-0.4, -0.2) is 204 Å². The van der Waals surface area contributed by atoms with E-state index in [0.717, 1.165) is 13.0 Å². The normalized spacial score (nSPS) is 16.2. The number of hydrogen-bond acceptors (Lipinski definition) is 20. The van der Waals surface area contributed by atoms with Gasteiger partial charge in [-0.25, -0.2) is 14.4 Å². The van der Waals surface area contributed by atoms with E-state index in [4.69, 9.17) is 21.3 Å². The van der Waals surface area contributed by atoms with E-state index in [9.17, 15) is 76.7 Å². The summed E-state index contributed by atoms with van der Waals surface area (Å²) in [5, 5.41) is 26.1. The highest BCUT2D eigenvalue weighted by atomic mass is 32.2. The van der Waals surface area contributed by atoms with E-state index in [0.29, 0.717) is 95.1 Å². The lowest BCUT2D eigenvalue weighted by Gasteiger charge is -2.25. The summed E-state index contributed by atoms with van der Waals surface area (Å²) in [6.45, 7) is 14.1. The number of hydrogen-bond donors (Lipinski definition) is 13. The van der Waals surface area contributed by atoms with E-state index in [2.05, 4.69) is 57.9 Å². The number of unbranched alkanes of at least 4 members (excludes halogenated alkanes) is 4. The molecule has 0 aromatic heterocycles. The summed E-state index contributed by atoms with van der Waals surface area (Å²) in [7, 11) is 0. The molecule has 0 bridgehead atoms. The molecule has 0 spiro atoms. The van der Waals surface area contributed by atoms with Gasteiger partial charge in [-0.15, -0.1) is 0 Å². The lowest BCUT2D eigenvalue weighted by molar-refractivity contribution is -0.139. The van der Waals surface area contributed by atoms with Gasteiger partial charge in [0.05, 0.1) is 28.6 Å². The molecule has 102 heavy (non-hydrogen) atoms. The van der Waals surface area contributed by atoms with E-state index < -0.39 is 85.2 Å². The van der Waals surface area contributed by atoms with Crippen LogP contribution in [0.5, 0.6) is 0 Å². The van der Waals surface area contributed by atoms with Gasteiger partial charge < -0.3 is 75.1 Å². The Morgan fingerprint density at radius 3 is 1.26 bits per heavy atom. The van der Waals surface area contributed by atoms with E-state index in [-0.39, 0.29) is 147 Å². The molecule has 1 aromatic rings. The Bertz CT molecular complexity index is 3030. The van der Waals surface area contributed by atoms with Crippen molar-refractivity contribution in [2.75, 3.05) is 57.1 Å². The van der Waals surface area contributed by atoms with Gasteiger partial charge in [-0.05, 0) is 139 Å². The third-order valence-corrected chi connectivity index (χ3v) is 18.0. The Kier molecular flexibility index (Phi) is 42.9. The van der Waals surface area contributed by atoms with Crippen LogP contribution >= 0.6 is 23.5 Å². The highest BCUT2D eigenvalue weighted by Crippen LogP contribution is 2.25. The molecule has 8 atom stereocenters. The number of ketones is 2. The first-order valence-corrected chi connectivity index (χ1v) is 37.0. The fourth-order valence-corrected chi connectivity index (χ4v) is 11.6. The molecule has 0 aliphatic carbocycles. The van der Waals surface area contributed by atoms with Gasteiger partial charge in [-0.1, -0.05) is 73.4 Å². The van der Waals surface area contributed by atoms with E-state index >= 15 is 0 Å². The predicted octanol–water partition coefficient (Wildman–Crippen LogP) is 2.66. The van der Waals surface area contributed by atoms with Gasteiger partial charge in [0, 0.05) is 66.8 Å². The van der Waals surface area contributed by atoms with Crippen molar-refractivity contribution >= 4 is 124 Å². The molecule has 0 saturated carbocycles. The van der Waals surface area contributed by atoms with Crippen LogP contribution in [-0.2, 0) is 73.7 Å². The van der Waals surface area contributed by atoms with Crippen LogP contribution in [0, 0.1) is 17.8 Å². The van der Waals surface area contributed by atoms with E-state index in [1.54, 1.807) is 64.5 Å². The Hall–Kier alpha value is -8.40. The fourth-order valence-electron chi connectivity index (χ4n) is 10.4. The Morgan fingerprint density at radius 1 is 0.539 bits per heavy atom. The van der Waals surface area contributed by atoms with Crippen LogP contribution in [0.2, 0.25) is 0 Å². The largest absolute Gasteiger partial charge is 0.463 e. The molecule has 16 N–H and O–H groups in total. The van der Waals surface area contributed by atoms with Gasteiger partial charge in [0.25, 0.3) is 6.45 Å². The zero-order valence-electron chi connectivity index (χ0n) is 63.4. The Labute approximate surface area is 611 Å². The van der Waals surface area contributed by atoms with Crippen molar-refractivity contribution in [2.45, 2.75) is 225 Å². The quantitative estimate of drug-likeness (QED) is 0.0253. The number of urea groups is 3. The number of thioether (sulfide) groups is 2. The van der Waals surface area contributed by atoms with Gasteiger partial charge in [0.2, 0.25) is 59.1 Å². The number of anilines is 1. The zero-order valence-corrected chi connectivity index (χ0v) is 62.1. The van der Waals surface area contributed by atoms with Crippen LogP contribution in [0.25, 0.3) is 0 Å². The Balaban J connectivity index is 0.000000833. The second-order valence-electron chi connectivity index (χ2n) is 25.5. The Morgan fingerprint density at radius 2 is 0.922 bits per heavy atom. The number of carbonyl (C=O) groups excluding carboxylic acids is 16. The maximum Gasteiger partial charge on any atom is 0.312 e. The molecule has 3 rings (SSSR count). The van der Waals surface area contributed by atoms with Crippen LogP contribution in [0.4, 0.5) is 20.1 Å². The summed E-state index contributed by atoms with van der Waals surface area (Å²) < 4.78 is 26.0. The van der Waals surface area contributed by atoms with Crippen molar-refractivity contribution in [1.82, 2.24) is 57.7 Å². The first-order chi connectivity index (χ1) is 49.7. The minimum Gasteiger partial charge on any atom is -0.463 e. The number of rotatable bonds is 46. The number of nitrogens with two attached hydrogens (primary N) is 3. The second kappa shape index (κ2) is 50.9. The number of amides is 16. The van der Waals surface area contributed by atoms with Gasteiger partial charge in [-0.2, -0.15) is 23.5 Å². The smallest absolute Gasteiger partial charge is 0.312 e.